The Hall–Kier alpha value is -3.61. The zero-order valence-electron chi connectivity index (χ0n) is 16.0. The molecule has 28 heavy (non-hydrogen) atoms. The molecule has 2 aromatic carbocycles. The number of carbonyl (C=O) groups is 1. The molecule has 0 saturated carbocycles. The lowest BCUT2D eigenvalue weighted by molar-refractivity contribution is 0.0779. The molecule has 1 aromatic heterocycles. The molecule has 0 spiro atoms. The number of nitrogens with one attached hydrogen (secondary N) is 1. The number of rotatable bonds is 7. The van der Waals surface area contributed by atoms with Crippen LogP contribution in [0.5, 0.6) is 11.5 Å². The molecule has 3 aromatic rings. The van der Waals surface area contributed by atoms with Gasteiger partial charge in [0.1, 0.15) is 29.3 Å². The summed E-state index contributed by atoms with van der Waals surface area (Å²) in [6, 6.07) is 16.8. The molecule has 0 bridgehead atoms. The van der Waals surface area contributed by atoms with E-state index < -0.39 is 0 Å². The molecule has 0 aliphatic heterocycles. The van der Waals surface area contributed by atoms with Crippen LogP contribution in [0.15, 0.2) is 60.9 Å². The summed E-state index contributed by atoms with van der Waals surface area (Å²) in [7, 11) is 4.92. The number of methoxy groups -OCH3 is 2. The third-order valence-electron chi connectivity index (χ3n) is 4.17. The molecular weight excluding hydrogens is 356 g/mol. The van der Waals surface area contributed by atoms with E-state index in [1.54, 1.807) is 38.3 Å². The van der Waals surface area contributed by atoms with Crippen molar-refractivity contribution < 1.29 is 14.3 Å². The predicted octanol–water partition coefficient (Wildman–Crippen LogP) is 3.51. The number of hydrogen-bond donors (Lipinski definition) is 1. The maximum Gasteiger partial charge on any atom is 0.272 e. The highest BCUT2D eigenvalue weighted by Crippen LogP contribution is 2.31. The Balaban J connectivity index is 1.76. The van der Waals surface area contributed by atoms with Gasteiger partial charge in [0.25, 0.3) is 5.91 Å². The lowest BCUT2D eigenvalue weighted by atomic mass is 10.2. The number of aromatic nitrogens is 2. The number of ether oxygens (including phenoxy) is 2. The molecule has 0 fully saturated rings. The fourth-order valence-electron chi connectivity index (χ4n) is 2.71. The average Bonchev–Trinajstić information content (AvgIpc) is 2.74. The van der Waals surface area contributed by atoms with Crippen molar-refractivity contribution in [3.63, 3.8) is 0 Å². The molecule has 1 amide bonds. The molecule has 0 aliphatic rings. The summed E-state index contributed by atoms with van der Waals surface area (Å²) in [5, 5.41) is 3.16. The molecule has 3 rings (SSSR count). The molecule has 1 heterocycles. The second-order valence-corrected chi connectivity index (χ2v) is 6.13. The Labute approximate surface area is 164 Å². The third-order valence-corrected chi connectivity index (χ3v) is 4.17. The summed E-state index contributed by atoms with van der Waals surface area (Å²) in [6.07, 6.45) is 1.36. The van der Waals surface area contributed by atoms with Crippen LogP contribution >= 0.6 is 0 Å². The second-order valence-electron chi connectivity index (χ2n) is 6.13. The first-order valence-electron chi connectivity index (χ1n) is 8.71. The monoisotopic (exact) mass is 378 g/mol. The van der Waals surface area contributed by atoms with Crippen molar-refractivity contribution in [2.45, 2.75) is 6.54 Å². The largest absolute Gasteiger partial charge is 0.497 e. The molecule has 144 valence electrons. The van der Waals surface area contributed by atoms with Crippen molar-refractivity contribution in [2.75, 3.05) is 26.6 Å². The van der Waals surface area contributed by atoms with Crippen molar-refractivity contribution in [1.82, 2.24) is 14.9 Å². The smallest absolute Gasteiger partial charge is 0.272 e. The van der Waals surface area contributed by atoms with Gasteiger partial charge in [-0.2, -0.15) is 0 Å². The van der Waals surface area contributed by atoms with Gasteiger partial charge in [0, 0.05) is 25.7 Å². The van der Waals surface area contributed by atoms with Crippen molar-refractivity contribution in [3.05, 3.63) is 72.2 Å². The maximum atomic E-state index is 12.7. The zero-order valence-corrected chi connectivity index (χ0v) is 16.0. The average molecular weight is 378 g/mol. The summed E-state index contributed by atoms with van der Waals surface area (Å²) in [6.45, 7) is 0.499. The Morgan fingerprint density at radius 3 is 2.54 bits per heavy atom. The van der Waals surface area contributed by atoms with Gasteiger partial charge in [-0.1, -0.05) is 30.3 Å². The standard InChI is InChI=1S/C21H22N4O3/c1-25(13-15-7-5-4-6-8-15)21(26)18-12-20(23-14-22-18)24-17-10-9-16(27-2)11-19(17)28-3/h4-12,14H,13H2,1-3H3,(H,22,23,24). The van der Waals surface area contributed by atoms with Gasteiger partial charge >= 0.3 is 0 Å². The molecule has 0 aliphatic carbocycles. The number of amides is 1. The van der Waals surface area contributed by atoms with Gasteiger partial charge in [-0.3, -0.25) is 4.79 Å². The van der Waals surface area contributed by atoms with Gasteiger partial charge in [0.05, 0.1) is 19.9 Å². The molecular formula is C21H22N4O3. The van der Waals surface area contributed by atoms with E-state index in [4.69, 9.17) is 9.47 Å². The maximum absolute atomic E-state index is 12.7. The van der Waals surface area contributed by atoms with E-state index in [1.807, 2.05) is 42.5 Å². The first-order chi connectivity index (χ1) is 13.6. The predicted molar refractivity (Wildman–Crippen MR) is 107 cm³/mol. The van der Waals surface area contributed by atoms with E-state index in [-0.39, 0.29) is 5.91 Å². The zero-order chi connectivity index (χ0) is 19.9. The van der Waals surface area contributed by atoms with Crippen LogP contribution < -0.4 is 14.8 Å². The minimum atomic E-state index is -0.184. The topological polar surface area (TPSA) is 76.6 Å². The highest BCUT2D eigenvalue weighted by atomic mass is 16.5. The van der Waals surface area contributed by atoms with E-state index >= 15 is 0 Å². The van der Waals surface area contributed by atoms with Crippen molar-refractivity contribution in [3.8, 4) is 11.5 Å². The van der Waals surface area contributed by atoms with Crippen LogP contribution in [0.2, 0.25) is 0 Å². The van der Waals surface area contributed by atoms with Crippen molar-refractivity contribution in [2.24, 2.45) is 0 Å². The molecule has 7 nitrogen and oxygen atoms in total. The second kappa shape index (κ2) is 8.85. The number of carbonyl (C=O) groups excluding carboxylic acids is 1. The quantitative estimate of drug-likeness (QED) is 0.678. The van der Waals surface area contributed by atoms with Crippen LogP contribution in [0.3, 0.4) is 0 Å². The molecule has 1 N–H and O–H groups in total. The summed E-state index contributed by atoms with van der Waals surface area (Å²) < 4.78 is 10.6. The van der Waals surface area contributed by atoms with E-state index in [9.17, 15) is 4.79 Å². The molecule has 0 saturated heterocycles. The summed E-state index contributed by atoms with van der Waals surface area (Å²) >= 11 is 0. The first-order valence-corrected chi connectivity index (χ1v) is 8.71. The summed E-state index contributed by atoms with van der Waals surface area (Å²) in [5.41, 5.74) is 2.06. The van der Waals surface area contributed by atoms with Gasteiger partial charge in [-0.25, -0.2) is 9.97 Å². The Kier molecular flexibility index (Phi) is 6.06. The van der Waals surface area contributed by atoms with Gasteiger partial charge < -0.3 is 19.7 Å². The van der Waals surface area contributed by atoms with Crippen molar-refractivity contribution >= 4 is 17.4 Å². The van der Waals surface area contributed by atoms with E-state index in [2.05, 4.69) is 15.3 Å². The van der Waals surface area contributed by atoms with Gasteiger partial charge in [-0.05, 0) is 17.7 Å². The minimum absolute atomic E-state index is 0.184. The Bertz CT molecular complexity index is 947. The Morgan fingerprint density at radius 1 is 1.04 bits per heavy atom. The normalized spacial score (nSPS) is 10.2. The number of anilines is 2. The van der Waals surface area contributed by atoms with Crippen LogP contribution in [0, 0.1) is 0 Å². The third kappa shape index (κ3) is 4.56. The van der Waals surface area contributed by atoms with E-state index in [0.29, 0.717) is 35.2 Å². The highest BCUT2D eigenvalue weighted by molar-refractivity contribution is 5.92. The molecule has 7 heteroatoms. The number of hydrogen-bond acceptors (Lipinski definition) is 6. The van der Waals surface area contributed by atoms with Crippen LogP contribution in [0.1, 0.15) is 16.1 Å². The summed E-state index contributed by atoms with van der Waals surface area (Å²) in [5.74, 6) is 1.60. The Morgan fingerprint density at radius 2 is 1.82 bits per heavy atom. The summed E-state index contributed by atoms with van der Waals surface area (Å²) in [4.78, 5) is 22.7. The van der Waals surface area contributed by atoms with Crippen LogP contribution in [0.25, 0.3) is 0 Å². The first kappa shape index (κ1) is 19.2. The van der Waals surface area contributed by atoms with Crippen LogP contribution in [-0.2, 0) is 6.54 Å². The van der Waals surface area contributed by atoms with E-state index in [0.717, 1.165) is 5.56 Å². The lowest BCUT2D eigenvalue weighted by Gasteiger charge is -2.17. The molecule has 0 radical (unpaired) electrons. The fourth-order valence-corrected chi connectivity index (χ4v) is 2.71. The van der Waals surface area contributed by atoms with Crippen LogP contribution in [-0.4, -0.2) is 42.0 Å². The number of benzene rings is 2. The molecule has 0 unspecified atom stereocenters. The van der Waals surface area contributed by atoms with Crippen molar-refractivity contribution in [1.29, 1.82) is 0 Å². The lowest BCUT2D eigenvalue weighted by Crippen LogP contribution is -2.27. The van der Waals surface area contributed by atoms with E-state index in [1.165, 1.54) is 6.33 Å². The van der Waals surface area contributed by atoms with Gasteiger partial charge in [0.2, 0.25) is 0 Å². The SMILES string of the molecule is COc1ccc(Nc2cc(C(=O)N(C)Cc3ccccc3)ncn2)c(OC)c1. The van der Waals surface area contributed by atoms with Gasteiger partial charge in [0.15, 0.2) is 0 Å². The van der Waals surface area contributed by atoms with Gasteiger partial charge in [-0.15, -0.1) is 0 Å². The minimum Gasteiger partial charge on any atom is -0.497 e. The van der Waals surface area contributed by atoms with Crippen LogP contribution in [0.4, 0.5) is 11.5 Å². The highest BCUT2D eigenvalue weighted by Gasteiger charge is 2.15. The molecule has 0 atom stereocenters. The number of nitrogens with zero attached hydrogens (tertiary/aromatic N) is 3. The fraction of sp³-hybridized carbons (Fsp3) is 0.190.